The van der Waals surface area contributed by atoms with Crippen molar-refractivity contribution in [3.63, 3.8) is 0 Å². The van der Waals surface area contributed by atoms with Gasteiger partial charge in [0.05, 0.1) is 5.56 Å². The lowest BCUT2D eigenvalue weighted by Crippen LogP contribution is -2.42. The van der Waals surface area contributed by atoms with Crippen LogP contribution < -0.4 is 10.9 Å². The molecule has 1 heterocycles. The molecule has 0 fully saturated rings. The Kier molecular flexibility index (Phi) is 5.61. The molecule has 5 nitrogen and oxygen atoms in total. The molecule has 0 saturated heterocycles. The first kappa shape index (κ1) is 18.7. The Balaban J connectivity index is 1.65. The zero-order valence-corrected chi connectivity index (χ0v) is 15.6. The standard InChI is InChI=1S/C20H18FN3O2S/c1-12(2)13-7-9-14(10-8-13)20-22-17(11-27-20)19(26)24-23-18(25)15-5-3-4-6-16(15)21/h3-12H,1-2H3,(H,23,25)(H,24,26). The van der Waals surface area contributed by atoms with Crippen LogP contribution in [0.15, 0.2) is 53.9 Å². The van der Waals surface area contributed by atoms with E-state index in [9.17, 15) is 14.0 Å². The first-order valence-corrected chi connectivity index (χ1v) is 9.24. The Labute approximate surface area is 160 Å². The third-order valence-electron chi connectivity index (χ3n) is 3.97. The number of carbonyl (C=O) groups excluding carboxylic acids is 2. The monoisotopic (exact) mass is 383 g/mol. The van der Waals surface area contributed by atoms with E-state index in [2.05, 4.69) is 29.7 Å². The summed E-state index contributed by atoms with van der Waals surface area (Å²) in [5.41, 5.74) is 6.61. The highest BCUT2D eigenvalue weighted by atomic mass is 32.1. The summed E-state index contributed by atoms with van der Waals surface area (Å²) in [5, 5.41) is 2.31. The van der Waals surface area contributed by atoms with E-state index < -0.39 is 17.6 Å². The minimum atomic E-state index is -0.735. The number of thiazole rings is 1. The van der Waals surface area contributed by atoms with Gasteiger partial charge in [-0.25, -0.2) is 9.37 Å². The first-order chi connectivity index (χ1) is 13.0. The molecule has 0 saturated carbocycles. The Morgan fingerprint density at radius 3 is 2.33 bits per heavy atom. The van der Waals surface area contributed by atoms with E-state index in [4.69, 9.17) is 0 Å². The molecule has 0 unspecified atom stereocenters. The van der Waals surface area contributed by atoms with Crippen LogP contribution in [0.25, 0.3) is 10.6 Å². The van der Waals surface area contributed by atoms with Crippen LogP contribution in [0.2, 0.25) is 0 Å². The number of hydrazine groups is 1. The van der Waals surface area contributed by atoms with Crippen LogP contribution in [0.1, 0.15) is 46.2 Å². The first-order valence-electron chi connectivity index (χ1n) is 8.37. The van der Waals surface area contributed by atoms with E-state index in [0.29, 0.717) is 10.9 Å². The fraction of sp³-hybridized carbons (Fsp3) is 0.150. The lowest BCUT2D eigenvalue weighted by atomic mass is 10.0. The molecule has 0 aliphatic carbocycles. The van der Waals surface area contributed by atoms with E-state index >= 15 is 0 Å². The molecule has 0 aliphatic rings. The van der Waals surface area contributed by atoms with Crippen LogP contribution in [0.4, 0.5) is 4.39 Å². The zero-order chi connectivity index (χ0) is 19.4. The van der Waals surface area contributed by atoms with Crippen LogP contribution in [-0.2, 0) is 0 Å². The normalized spacial score (nSPS) is 10.7. The van der Waals surface area contributed by atoms with Gasteiger partial charge in [0.1, 0.15) is 16.5 Å². The van der Waals surface area contributed by atoms with Gasteiger partial charge in [0.25, 0.3) is 11.8 Å². The Morgan fingerprint density at radius 1 is 1.00 bits per heavy atom. The number of hydrogen-bond acceptors (Lipinski definition) is 4. The molecule has 27 heavy (non-hydrogen) atoms. The molecular weight excluding hydrogens is 365 g/mol. The Bertz CT molecular complexity index is 967. The maximum absolute atomic E-state index is 13.6. The lowest BCUT2D eigenvalue weighted by Gasteiger charge is -2.06. The van der Waals surface area contributed by atoms with Crippen molar-refractivity contribution in [1.82, 2.24) is 15.8 Å². The van der Waals surface area contributed by atoms with Gasteiger partial charge in [0.15, 0.2) is 0 Å². The maximum atomic E-state index is 13.6. The van der Waals surface area contributed by atoms with Gasteiger partial charge in [-0.2, -0.15) is 0 Å². The summed E-state index contributed by atoms with van der Waals surface area (Å²) >= 11 is 1.33. The van der Waals surface area contributed by atoms with Gasteiger partial charge >= 0.3 is 0 Å². The van der Waals surface area contributed by atoms with Crippen LogP contribution in [0, 0.1) is 5.82 Å². The van der Waals surface area contributed by atoms with Crippen LogP contribution in [0.3, 0.4) is 0 Å². The van der Waals surface area contributed by atoms with Crippen LogP contribution in [-0.4, -0.2) is 16.8 Å². The highest BCUT2D eigenvalue weighted by Gasteiger charge is 2.15. The van der Waals surface area contributed by atoms with Gasteiger partial charge in [-0.3, -0.25) is 20.4 Å². The molecule has 0 spiro atoms. The van der Waals surface area contributed by atoms with Crippen molar-refractivity contribution in [2.75, 3.05) is 0 Å². The Morgan fingerprint density at radius 2 is 1.67 bits per heavy atom. The number of aromatic nitrogens is 1. The van der Waals surface area contributed by atoms with Crippen molar-refractivity contribution in [2.45, 2.75) is 19.8 Å². The minimum Gasteiger partial charge on any atom is -0.267 e. The van der Waals surface area contributed by atoms with Crippen molar-refractivity contribution in [3.05, 3.63) is 76.5 Å². The summed E-state index contributed by atoms with van der Waals surface area (Å²) in [7, 11) is 0. The molecule has 3 aromatic rings. The van der Waals surface area contributed by atoms with E-state index in [1.807, 2.05) is 24.3 Å². The molecule has 0 bridgehead atoms. The molecule has 138 valence electrons. The largest absolute Gasteiger partial charge is 0.289 e. The SMILES string of the molecule is CC(C)c1ccc(-c2nc(C(=O)NNC(=O)c3ccccc3F)cs2)cc1. The fourth-order valence-corrected chi connectivity index (χ4v) is 3.22. The summed E-state index contributed by atoms with van der Waals surface area (Å²) in [6, 6.07) is 13.5. The van der Waals surface area contributed by atoms with Gasteiger partial charge in [0, 0.05) is 10.9 Å². The zero-order valence-electron chi connectivity index (χ0n) is 14.8. The molecule has 0 atom stereocenters. The van der Waals surface area contributed by atoms with Crippen molar-refractivity contribution >= 4 is 23.2 Å². The van der Waals surface area contributed by atoms with Crippen molar-refractivity contribution in [3.8, 4) is 10.6 Å². The number of carbonyl (C=O) groups is 2. The number of amides is 2. The smallest absolute Gasteiger partial charge is 0.267 e. The molecule has 2 amide bonds. The molecule has 0 radical (unpaired) electrons. The number of hydrogen-bond donors (Lipinski definition) is 2. The van der Waals surface area contributed by atoms with Crippen molar-refractivity contribution in [2.24, 2.45) is 0 Å². The second-order valence-corrected chi connectivity index (χ2v) is 7.06. The highest BCUT2D eigenvalue weighted by Crippen LogP contribution is 2.25. The third kappa shape index (κ3) is 4.38. The van der Waals surface area contributed by atoms with Gasteiger partial charge in [0.2, 0.25) is 0 Å². The molecule has 2 N–H and O–H groups in total. The van der Waals surface area contributed by atoms with Crippen LogP contribution >= 0.6 is 11.3 Å². The highest BCUT2D eigenvalue weighted by molar-refractivity contribution is 7.13. The molecule has 1 aromatic heterocycles. The third-order valence-corrected chi connectivity index (χ3v) is 4.86. The molecule has 3 rings (SSSR count). The molecular formula is C20H18FN3O2S. The maximum Gasteiger partial charge on any atom is 0.289 e. The summed E-state index contributed by atoms with van der Waals surface area (Å²) < 4.78 is 13.6. The quantitative estimate of drug-likeness (QED) is 0.665. The van der Waals surface area contributed by atoms with Gasteiger partial charge in [-0.05, 0) is 23.6 Å². The summed E-state index contributed by atoms with van der Waals surface area (Å²) in [6.45, 7) is 4.24. The number of nitrogens with one attached hydrogen (secondary N) is 2. The predicted molar refractivity (Wildman–Crippen MR) is 103 cm³/mol. The average molecular weight is 383 g/mol. The minimum absolute atomic E-state index is 0.151. The lowest BCUT2D eigenvalue weighted by molar-refractivity contribution is 0.0842. The van der Waals surface area contributed by atoms with Gasteiger partial charge < -0.3 is 0 Å². The number of benzene rings is 2. The number of nitrogens with zero attached hydrogens (tertiary/aromatic N) is 1. The van der Waals surface area contributed by atoms with E-state index in [-0.39, 0.29) is 11.3 Å². The fourth-order valence-electron chi connectivity index (χ4n) is 2.41. The average Bonchev–Trinajstić information content (AvgIpc) is 3.16. The van der Waals surface area contributed by atoms with E-state index in [0.717, 1.165) is 5.56 Å². The van der Waals surface area contributed by atoms with Crippen molar-refractivity contribution < 1.29 is 14.0 Å². The van der Waals surface area contributed by atoms with Gasteiger partial charge in [-0.1, -0.05) is 50.2 Å². The second-order valence-electron chi connectivity index (χ2n) is 6.20. The second kappa shape index (κ2) is 8.09. The molecule has 7 heteroatoms. The van der Waals surface area contributed by atoms with E-state index in [1.165, 1.54) is 41.2 Å². The predicted octanol–water partition coefficient (Wildman–Crippen LogP) is 4.15. The summed E-state index contributed by atoms with van der Waals surface area (Å²) in [4.78, 5) is 28.4. The van der Waals surface area contributed by atoms with Gasteiger partial charge in [-0.15, -0.1) is 11.3 Å². The number of rotatable bonds is 4. The summed E-state index contributed by atoms with van der Waals surface area (Å²) in [5.74, 6) is -1.53. The molecule has 0 aliphatic heterocycles. The van der Waals surface area contributed by atoms with Crippen molar-refractivity contribution in [1.29, 1.82) is 0 Å². The van der Waals surface area contributed by atoms with E-state index in [1.54, 1.807) is 5.38 Å². The Hall–Kier alpha value is -3.06. The number of halogens is 1. The molecule has 2 aromatic carbocycles. The van der Waals surface area contributed by atoms with Crippen LogP contribution in [0.5, 0.6) is 0 Å². The topological polar surface area (TPSA) is 71.1 Å². The summed E-state index contributed by atoms with van der Waals surface area (Å²) in [6.07, 6.45) is 0.